The van der Waals surface area contributed by atoms with E-state index < -0.39 is 79.1 Å². The van der Waals surface area contributed by atoms with E-state index in [9.17, 15) is 76.3 Å². The van der Waals surface area contributed by atoms with E-state index >= 15 is 0 Å². The number of anilines is 3. The Morgan fingerprint density at radius 2 is 0.630 bits per heavy atom. The lowest BCUT2D eigenvalue weighted by molar-refractivity contribution is -0.456. The van der Waals surface area contributed by atoms with Crippen LogP contribution in [0.25, 0.3) is 0 Å². The Balaban J connectivity index is 0.000000175. The molecule has 0 radical (unpaired) electrons. The summed E-state index contributed by atoms with van der Waals surface area (Å²) in [6.45, 7) is 51.6. The summed E-state index contributed by atoms with van der Waals surface area (Å²) in [4.78, 5) is 70.4. The lowest BCUT2D eigenvalue weighted by Gasteiger charge is -2.33. The Bertz CT molecular complexity index is 6410. The molecule has 26 heteroatoms. The van der Waals surface area contributed by atoms with E-state index in [4.69, 9.17) is 9.47 Å². The molecule has 734 valence electrons. The minimum atomic E-state index is -4.62. The number of methoxy groups -OCH3 is 2. The number of para-hydroxylation sites is 6. The molecule has 0 N–H and O–H groups in total. The van der Waals surface area contributed by atoms with Crippen LogP contribution in [-0.4, -0.2) is 112 Å². The van der Waals surface area contributed by atoms with Gasteiger partial charge < -0.3 is 39.5 Å². The molecule has 0 saturated carbocycles. The molecule has 6 heterocycles. The summed E-state index contributed by atoms with van der Waals surface area (Å²) in [5.41, 5.74) is 6.51. The maximum Gasteiger partial charge on any atom is 0.422 e. The highest BCUT2D eigenvalue weighted by Crippen LogP contribution is 2.59. The highest BCUT2D eigenvalue weighted by Gasteiger charge is 2.56. The highest BCUT2D eigenvalue weighted by atomic mass is 19.4. The molecular formula is C112H132F6N8O12. The van der Waals surface area contributed by atoms with Crippen LogP contribution in [0.3, 0.4) is 0 Å². The van der Waals surface area contributed by atoms with Gasteiger partial charge in [0.25, 0.3) is 17.1 Å². The van der Waals surface area contributed by atoms with E-state index in [1.54, 1.807) is 87.8 Å². The van der Waals surface area contributed by atoms with Crippen LogP contribution in [0.5, 0.6) is 11.5 Å². The Morgan fingerprint density at radius 3 is 0.978 bits per heavy atom. The van der Waals surface area contributed by atoms with Crippen LogP contribution in [-0.2, 0) is 59.2 Å². The zero-order chi connectivity index (χ0) is 102. The summed E-state index contributed by atoms with van der Waals surface area (Å²) in [6, 6.07) is 30.4. The van der Waals surface area contributed by atoms with Crippen molar-refractivity contribution in [3.05, 3.63) is 278 Å². The van der Waals surface area contributed by atoms with Crippen LogP contribution in [0.1, 0.15) is 249 Å². The van der Waals surface area contributed by atoms with Crippen molar-refractivity contribution in [1.82, 2.24) is 0 Å². The lowest BCUT2D eigenvalue weighted by atomic mass is 9.77. The normalized spacial score (nSPS) is 20.2. The van der Waals surface area contributed by atoms with Crippen molar-refractivity contribution in [2.24, 2.45) is 35.5 Å². The first-order valence-electron chi connectivity index (χ1n) is 48.1. The van der Waals surface area contributed by atoms with Crippen LogP contribution in [0, 0.1) is 55.7 Å². The Labute approximate surface area is 807 Å². The fraction of sp³-hybridized carbons (Fsp3) is 0.464. The number of allylic oxidation sites excluding steroid dienone is 15. The number of rotatable bonds is 28. The number of ether oxygens (including phenoxy) is 2. The van der Waals surface area contributed by atoms with Gasteiger partial charge in [-0.3, -0.25) is 34.6 Å². The van der Waals surface area contributed by atoms with Crippen molar-refractivity contribution in [1.29, 1.82) is 0 Å². The molecule has 6 aliphatic heterocycles. The lowest BCUT2D eigenvalue weighted by Crippen LogP contribution is -2.35. The topological polar surface area (TPSA) is 244 Å². The first kappa shape index (κ1) is 103. The second kappa shape index (κ2) is 38.2. The molecule has 0 saturated heterocycles. The van der Waals surface area contributed by atoms with Gasteiger partial charge in [-0.2, -0.15) is 40.1 Å². The molecule has 0 unspecified atom stereocenters. The molecule has 6 aromatic carbocycles. The number of fused-ring (bicyclic) bond motifs is 6. The number of carbonyl (C=O) groups is 3. The summed E-state index contributed by atoms with van der Waals surface area (Å²) < 4.78 is 103. The van der Waals surface area contributed by atoms with Crippen LogP contribution in [0.15, 0.2) is 213 Å². The molecule has 138 heavy (non-hydrogen) atoms. The van der Waals surface area contributed by atoms with Crippen molar-refractivity contribution in [3.63, 3.8) is 0 Å². The van der Waals surface area contributed by atoms with Crippen molar-refractivity contribution < 1.29 is 89.1 Å². The van der Waals surface area contributed by atoms with Crippen molar-refractivity contribution >= 4 is 80.0 Å². The second-order valence-electron chi connectivity index (χ2n) is 43.4. The predicted octanol–water partition coefficient (Wildman–Crippen LogP) is 22.8. The van der Waals surface area contributed by atoms with E-state index in [2.05, 4.69) is 105 Å². The summed E-state index contributed by atoms with van der Waals surface area (Å²) in [5.74, 6) is 1.26. The zero-order valence-corrected chi connectivity index (χ0v) is 84.6. The largest absolute Gasteiger partial charge is 0.871 e. The van der Waals surface area contributed by atoms with Gasteiger partial charge in [0.05, 0.1) is 57.2 Å². The molecule has 20 nitrogen and oxygen atoms in total. The van der Waals surface area contributed by atoms with Gasteiger partial charge in [-0.05, 0) is 155 Å². The van der Waals surface area contributed by atoms with Crippen molar-refractivity contribution in [2.75, 3.05) is 68.2 Å². The van der Waals surface area contributed by atoms with E-state index in [1.165, 1.54) is 36.4 Å². The number of nitrogens with zero attached hydrogens (tertiary/aromatic N) is 8. The van der Waals surface area contributed by atoms with Gasteiger partial charge in [0.1, 0.15) is 36.6 Å². The van der Waals surface area contributed by atoms with Gasteiger partial charge in [-0.15, -0.1) is 0 Å². The van der Waals surface area contributed by atoms with E-state index in [1.807, 2.05) is 113 Å². The number of Topliss-reactive ketones (excluding diaryl/α,β-unsaturated/α-hetero) is 3. The van der Waals surface area contributed by atoms with Crippen LogP contribution in [0.2, 0.25) is 0 Å². The van der Waals surface area contributed by atoms with Gasteiger partial charge in [-0.25, -0.2) is 0 Å². The fourth-order valence-electron chi connectivity index (χ4n) is 20.8. The Morgan fingerprint density at radius 1 is 0.348 bits per heavy atom. The predicted molar refractivity (Wildman–Crippen MR) is 526 cm³/mol. The maximum atomic E-state index is 14.2. The van der Waals surface area contributed by atoms with Crippen LogP contribution < -0.4 is 39.5 Å². The van der Waals surface area contributed by atoms with Gasteiger partial charge >= 0.3 is 18.0 Å². The Kier molecular flexibility index (Phi) is 28.5. The third-order valence-electron chi connectivity index (χ3n) is 29.0. The van der Waals surface area contributed by atoms with Gasteiger partial charge in [0.2, 0.25) is 5.69 Å². The average Bonchev–Trinajstić information content (AvgIpc) is 1.50. The molecule has 0 spiro atoms. The molecule has 9 aliphatic rings. The quantitative estimate of drug-likeness (QED) is 0.0146. The smallest absolute Gasteiger partial charge is 0.422 e. The molecule has 6 aromatic rings. The molecular weight excluding hydrogens is 1760 g/mol. The fourth-order valence-corrected chi connectivity index (χ4v) is 20.8. The SMILES string of the molecule is CC(C)CCN1/C(=C\C2=C([O-])C(=C\C3=[N+](CCC(C)C)c4c(C(F)(F)F)cccc4C3(C)C)/C2=O)C(C)(C)c2cccc(C(F)(F)F)c21.CC(C)CCN1/C(=C\C2=C([O-])C(=C\C3=[N+](CCC(C)C)c4c([N+](=O)[O-])cccc4C3(C)C)/C2=O)C(C)(C)c2cccc([N+](=O)[O-])c21.COc1cccc2c1N(CCC(C)C)/C(=C\C1=C([O-])C(=C\C3=[N+](CCC(C)C)c4c(OC)cccc4C3(C)C)/C1=O)C2(C)C. The molecule has 3 aliphatic carbocycles. The average molecular weight is 1900 g/mol. The van der Waals surface area contributed by atoms with Crippen molar-refractivity contribution in [3.8, 4) is 11.5 Å². The van der Waals surface area contributed by atoms with Crippen LogP contribution in [0.4, 0.5) is 71.8 Å². The van der Waals surface area contributed by atoms with E-state index in [-0.39, 0.29) is 103 Å². The number of carbonyl (C=O) groups excluding carboxylic acids is 3. The van der Waals surface area contributed by atoms with Crippen molar-refractivity contribution in [2.45, 2.75) is 250 Å². The minimum Gasteiger partial charge on any atom is -0.871 e. The molecule has 15 rings (SSSR count). The third kappa shape index (κ3) is 18.5. The molecule has 0 aromatic heterocycles. The number of ketones is 3. The Hall–Kier alpha value is -12.2. The van der Waals surface area contributed by atoms with E-state index in [0.29, 0.717) is 94.9 Å². The summed E-state index contributed by atoms with van der Waals surface area (Å²) in [5, 5.41) is 65.5. The monoisotopic (exact) mass is 1890 g/mol. The minimum absolute atomic E-state index is 0.00964. The highest BCUT2D eigenvalue weighted by molar-refractivity contribution is 6.26. The second-order valence-corrected chi connectivity index (χ2v) is 43.4. The molecule has 0 amide bonds. The third-order valence-corrected chi connectivity index (χ3v) is 29.0. The first-order chi connectivity index (χ1) is 64.3. The summed E-state index contributed by atoms with van der Waals surface area (Å²) in [7, 11) is 3.38. The summed E-state index contributed by atoms with van der Waals surface area (Å²) in [6.07, 6.45) is 5.13. The number of nitro benzene ring substituents is 2. The van der Waals surface area contributed by atoms with Crippen LogP contribution >= 0.6 is 0 Å². The number of benzene rings is 6. The number of alkyl halides is 6. The maximum absolute atomic E-state index is 14.2. The zero-order valence-electron chi connectivity index (χ0n) is 84.6. The van der Waals surface area contributed by atoms with Gasteiger partial charge in [0, 0.05) is 153 Å². The van der Waals surface area contributed by atoms with Gasteiger partial charge in [-0.1, -0.05) is 215 Å². The standard InChI is InChI=1S/C38H42F6N2O2.C38H48N2O4.C36H42N4O6/c1-21(2)15-17-45-29(35(5,6)25-11-9-13-27(31(25)45)37(39,40)41)19-23-33(47)24(34(23)48)20-30-36(7,8)26-12-10-14-28(38(42,43)44)32(26)46(30)18-16-22(3)4;1-23(2)17-19-39-31(37(5,6)27-13-11-15-29(43-9)33(27)39)21-25-35(41)26(36(25)42)22-32-38(7,8)28-14-12-16-30(44-10)34(28)40(32)20-18-24(3)4;1-21(2)15-17-37-29(35(5,6)25-11-9-13-27(31(25)37)39(43)44)19-23-33(41)24(34(23)42)20-30-36(7,8)26-12-10-14-28(40(45)46)32(26)38(30)18-16-22(3)4/h9-14,19-22H,15-18H2,1-8H3;11-16,21-24H,17-20H2,1-10H3;9-14,19-22H,15-18H2,1-8H3. The number of halogens is 6. The summed E-state index contributed by atoms with van der Waals surface area (Å²) >= 11 is 0. The number of hydrogen-bond acceptors (Lipinski definition) is 15. The number of hydrogen-bond donors (Lipinski definition) is 0. The first-order valence-corrected chi connectivity index (χ1v) is 48.1. The number of nitro groups is 2. The molecule has 0 bridgehead atoms. The molecule has 0 atom stereocenters. The molecule has 0 fully saturated rings. The van der Waals surface area contributed by atoms with Gasteiger partial charge in [0.15, 0.2) is 40.2 Å². The van der Waals surface area contributed by atoms with E-state index in [0.717, 1.165) is 107 Å².